The number of para-hydroxylation sites is 1. The number of aryl methyl sites for hydroxylation is 1. The molecule has 5 rings (SSSR count). The maximum atomic E-state index is 15.5. The van der Waals surface area contributed by atoms with Crippen molar-refractivity contribution >= 4 is 22.6 Å². The highest BCUT2D eigenvalue weighted by molar-refractivity contribution is 6.01. The van der Waals surface area contributed by atoms with Gasteiger partial charge in [0.1, 0.15) is 18.0 Å². The molecule has 8 nitrogen and oxygen atoms in total. The summed E-state index contributed by atoms with van der Waals surface area (Å²) in [5.74, 6) is 0.340. The summed E-state index contributed by atoms with van der Waals surface area (Å²) in [7, 11) is 3.15. The van der Waals surface area contributed by atoms with E-state index in [1.54, 1.807) is 49.3 Å². The fourth-order valence-corrected chi connectivity index (χ4v) is 4.80. The van der Waals surface area contributed by atoms with Crippen LogP contribution in [0.15, 0.2) is 47.2 Å². The summed E-state index contributed by atoms with van der Waals surface area (Å²) in [6.07, 6.45) is 2.50. The molecule has 2 unspecified atom stereocenters. The number of amides is 1. The van der Waals surface area contributed by atoms with E-state index in [9.17, 15) is 4.79 Å². The lowest BCUT2D eigenvalue weighted by atomic mass is 9.95. The van der Waals surface area contributed by atoms with Gasteiger partial charge in [-0.1, -0.05) is 36.3 Å². The summed E-state index contributed by atoms with van der Waals surface area (Å²) < 4.78 is 36.4. The molecule has 1 aliphatic heterocycles. The topological polar surface area (TPSA) is 88.2 Å². The second kappa shape index (κ2) is 10.2. The second-order valence-corrected chi connectivity index (χ2v) is 9.41. The molecule has 4 aromatic rings. The van der Waals surface area contributed by atoms with Gasteiger partial charge in [0.25, 0.3) is 5.91 Å². The van der Waals surface area contributed by atoms with Gasteiger partial charge in [-0.05, 0) is 25.0 Å². The third-order valence-electron chi connectivity index (χ3n) is 6.68. The molecule has 2 atom stereocenters. The Balaban J connectivity index is 1.47. The van der Waals surface area contributed by atoms with Crippen molar-refractivity contribution < 1.29 is 18.1 Å². The van der Waals surface area contributed by atoms with Crippen molar-refractivity contribution in [3.8, 4) is 11.1 Å². The molecule has 0 radical (unpaired) electrons. The van der Waals surface area contributed by atoms with Crippen LogP contribution in [-0.4, -0.2) is 57.9 Å². The zero-order valence-electron chi connectivity index (χ0n) is 21.0. The number of rotatable bonds is 6. The Hall–Kier alpha value is -3.95. The number of aromatic nitrogens is 4. The van der Waals surface area contributed by atoms with Gasteiger partial charge >= 0.3 is 0 Å². The quantitative estimate of drug-likeness (QED) is 0.334. The van der Waals surface area contributed by atoms with Crippen molar-refractivity contribution in [2.24, 2.45) is 0 Å². The van der Waals surface area contributed by atoms with Crippen LogP contribution >= 0.6 is 0 Å². The number of nitrogens with zero attached hydrogens (tertiary/aromatic N) is 6. The number of carbonyl (C=O) groups excluding carboxylic acids is 1. The molecule has 0 saturated carbocycles. The molecule has 0 spiro atoms. The highest BCUT2D eigenvalue weighted by Gasteiger charge is 2.34. The molecule has 1 fully saturated rings. The fourth-order valence-electron chi connectivity index (χ4n) is 4.80. The van der Waals surface area contributed by atoms with Gasteiger partial charge in [0.15, 0.2) is 12.1 Å². The van der Waals surface area contributed by atoms with Gasteiger partial charge < -0.3 is 14.3 Å². The molecule has 1 amide bonds. The molecule has 2 aromatic carbocycles. The van der Waals surface area contributed by atoms with Crippen molar-refractivity contribution in [2.75, 3.05) is 25.5 Å². The number of alkyl halides is 1. The number of halogens is 2. The first-order valence-electron chi connectivity index (χ1n) is 12.4. The van der Waals surface area contributed by atoms with Gasteiger partial charge in [-0.25, -0.2) is 18.7 Å². The van der Waals surface area contributed by atoms with Crippen molar-refractivity contribution in [3.63, 3.8) is 0 Å². The lowest BCUT2D eigenvalue weighted by Gasteiger charge is -2.35. The van der Waals surface area contributed by atoms with Crippen LogP contribution in [0.2, 0.25) is 0 Å². The maximum absolute atomic E-state index is 15.5. The van der Waals surface area contributed by atoms with Gasteiger partial charge in [0.05, 0.1) is 11.1 Å². The van der Waals surface area contributed by atoms with Crippen molar-refractivity contribution in [1.29, 1.82) is 0 Å². The van der Waals surface area contributed by atoms with E-state index in [0.717, 1.165) is 12.8 Å². The molecule has 1 aliphatic rings. The normalized spacial score (nSPS) is 17.8. The minimum absolute atomic E-state index is 0.0252. The number of benzene rings is 2. The van der Waals surface area contributed by atoms with E-state index in [1.165, 1.54) is 17.3 Å². The number of carbonyl (C=O) groups is 1. The third kappa shape index (κ3) is 4.63. The van der Waals surface area contributed by atoms with Gasteiger partial charge in [-0.3, -0.25) is 4.79 Å². The van der Waals surface area contributed by atoms with Crippen LogP contribution < -0.4 is 4.90 Å². The predicted molar refractivity (Wildman–Crippen MR) is 135 cm³/mol. The zero-order valence-corrected chi connectivity index (χ0v) is 21.0. The van der Waals surface area contributed by atoms with Crippen LogP contribution in [0.3, 0.4) is 0 Å². The average Bonchev–Trinajstić information content (AvgIpc) is 3.37. The molecule has 192 valence electrons. The lowest BCUT2D eigenvalue weighted by molar-refractivity contribution is 0.0823. The third-order valence-corrected chi connectivity index (χ3v) is 6.68. The Morgan fingerprint density at radius 1 is 1.16 bits per heavy atom. The SMILES string of the molecule is CCCc1noc(C2CCN(c3ncnc4c(-c5cccc(C(=O)N(C)C)c5F)cccc34)C(F)C2)n1. The van der Waals surface area contributed by atoms with Crippen LogP contribution in [0.1, 0.15) is 54.2 Å². The predicted octanol–water partition coefficient (Wildman–Crippen LogP) is 5.15. The second-order valence-electron chi connectivity index (χ2n) is 9.41. The molecule has 0 aliphatic carbocycles. The summed E-state index contributed by atoms with van der Waals surface area (Å²) in [6, 6.07) is 10.0. The van der Waals surface area contributed by atoms with E-state index in [2.05, 4.69) is 20.1 Å². The van der Waals surface area contributed by atoms with Crippen LogP contribution in [0, 0.1) is 5.82 Å². The minimum Gasteiger partial charge on any atom is -0.345 e. The monoisotopic (exact) mass is 506 g/mol. The van der Waals surface area contributed by atoms with E-state index in [-0.39, 0.29) is 23.5 Å². The number of hydrogen-bond acceptors (Lipinski definition) is 7. The van der Waals surface area contributed by atoms with Gasteiger partial charge in [0.2, 0.25) is 5.89 Å². The van der Waals surface area contributed by atoms with Crippen LogP contribution in [0.4, 0.5) is 14.6 Å². The van der Waals surface area contributed by atoms with Crippen molar-refractivity contribution in [2.45, 2.75) is 44.8 Å². The van der Waals surface area contributed by atoms with E-state index < -0.39 is 18.0 Å². The van der Waals surface area contributed by atoms with Crippen LogP contribution in [0.5, 0.6) is 0 Å². The standard InChI is InChI=1S/C27H28F2N6O2/c1-4-7-22-32-26(37-33-22)16-12-13-35(21(28)14-16)25-20-11-6-9-18(24(20)30-15-31-25)17-8-5-10-19(23(17)29)27(36)34(2)3/h5-6,8-11,15-16,21H,4,7,12-14H2,1-3H3. The maximum Gasteiger partial charge on any atom is 0.256 e. The van der Waals surface area contributed by atoms with Gasteiger partial charge in [-0.15, -0.1) is 0 Å². The number of hydrogen-bond donors (Lipinski definition) is 0. The largest absolute Gasteiger partial charge is 0.345 e. The molecule has 0 bridgehead atoms. The molecule has 2 aromatic heterocycles. The Kier molecular flexibility index (Phi) is 6.82. The highest BCUT2D eigenvalue weighted by Crippen LogP contribution is 2.38. The molecule has 37 heavy (non-hydrogen) atoms. The molecule has 0 N–H and O–H groups in total. The summed E-state index contributed by atoms with van der Waals surface area (Å²) >= 11 is 0. The van der Waals surface area contributed by atoms with E-state index in [4.69, 9.17) is 4.52 Å². The molecular formula is C27H28F2N6O2. The van der Waals surface area contributed by atoms with E-state index in [1.807, 2.05) is 6.92 Å². The number of anilines is 1. The summed E-state index contributed by atoms with van der Waals surface area (Å²) in [4.78, 5) is 28.7. The Morgan fingerprint density at radius 2 is 1.95 bits per heavy atom. The Morgan fingerprint density at radius 3 is 2.70 bits per heavy atom. The summed E-state index contributed by atoms with van der Waals surface area (Å²) in [5, 5.41) is 4.60. The molecule has 10 heteroatoms. The Labute approximate surface area is 213 Å². The molecule has 1 saturated heterocycles. The summed E-state index contributed by atoms with van der Waals surface area (Å²) in [6.45, 7) is 2.44. The first-order chi connectivity index (χ1) is 17.9. The molecular weight excluding hydrogens is 478 g/mol. The summed E-state index contributed by atoms with van der Waals surface area (Å²) in [5.41, 5.74) is 1.21. The van der Waals surface area contributed by atoms with Gasteiger partial charge in [0, 0.05) is 55.9 Å². The number of fused-ring (bicyclic) bond motifs is 1. The van der Waals surface area contributed by atoms with Gasteiger partial charge in [-0.2, -0.15) is 4.98 Å². The first-order valence-corrected chi connectivity index (χ1v) is 12.4. The van der Waals surface area contributed by atoms with Crippen molar-refractivity contribution in [1.82, 2.24) is 25.0 Å². The van der Waals surface area contributed by atoms with E-state index in [0.29, 0.717) is 47.0 Å². The van der Waals surface area contributed by atoms with Crippen molar-refractivity contribution in [3.05, 3.63) is 65.8 Å². The zero-order chi connectivity index (χ0) is 26.1. The number of piperidine rings is 1. The first kappa shape index (κ1) is 24.7. The smallest absolute Gasteiger partial charge is 0.256 e. The van der Waals surface area contributed by atoms with Crippen LogP contribution in [0.25, 0.3) is 22.0 Å². The van der Waals surface area contributed by atoms with Crippen LogP contribution in [-0.2, 0) is 6.42 Å². The average molecular weight is 507 g/mol. The Bertz CT molecular complexity index is 1440. The highest BCUT2D eigenvalue weighted by atomic mass is 19.1. The lowest BCUT2D eigenvalue weighted by Crippen LogP contribution is -2.40. The van der Waals surface area contributed by atoms with E-state index >= 15 is 8.78 Å². The minimum atomic E-state index is -1.32. The molecule has 3 heterocycles. The fraction of sp³-hybridized carbons (Fsp3) is 0.370.